The van der Waals surface area contributed by atoms with Crippen molar-refractivity contribution >= 4 is 12.2 Å². The number of esters is 1. The third-order valence-corrected chi connectivity index (χ3v) is 5.00. The van der Waals surface area contributed by atoms with Crippen LogP contribution >= 0.6 is 0 Å². The van der Waals surface area contributed by atoms with Crippen LogP contribution in [0.25, 0.3) is 11.1 Å². The maximum atomic E-state index is 12.8. The second-order valence-electron chi connectivity index (χ2n) is 7.19. The highest BCUT2D eigenvalue weighted by Crippen LogP contribution is 2.31. The van der Waals surface area contributed by atoms with Crippen LogP contribution in [0, 0.1) is 5.41 Å². The Balaban J connectivity index is 1.65. The molecule has 166 valence electrons. The lowest BCUT2D eigenvalue weighted by Crippen LogP contribution is -2.09. The molecule has 0 saturated heterocycles. The lowest BCUT2D eigenvalue weighted by molar-refractivity contribution is -0.140. The van der Waals surface area contributed by atoms with Crippen molar-refractivity contribution in [3.8, 4) is 16.9 Å². The van der Waals surface area contributed by atoms with Crippen LogP contribution in [0.15, 0.2) is 72.8 Å². The van der Waals surface area contributed by atoms with Crippen LogP contribution in [-0.4, -0.2) is 19.3 Å². The predicted molar refractivity (Wildman–Crippen MR) is 116 cm³/mol. The molecule has 3 aromatic rings. The Morgan fingerprint density at radius 2 is 1.69 bits per heavy atom. The molecule has 0 aliphatic carbocycles. The van der Waals surface area contributed by atoms with Gasteiger partial charge in [-0.25, -0.2) is 0 Å². The molecule has 0 bridgehead atoms. The second kappa shape index (κ2) is 10.1. The van der Waals surface area contributed by atoms with E-state index in [1.165, 1.54) is 25.5 Å². The van der Waals surface area contributed by atoms with Gasteiger partial charge in [0.2, 0.25) is 0 Å². The van der Waals surface area contributed by atoms with Gasteiger partial charge in [-0.2, -0.15) is 13.2 Å². The number of halogens is 3. The summed E-state index contributed by atoms with van der Waals surface area (Å²) in [6.07, 6.45) is -3.06. The van der Waals surface area contributed by atoms with E-state index in [1.807, 2.05) is 24.3 Å². The number of methoxy groups -OCH3 is 1. The van der Waals surface area contributed by atoms with Gasteiger partial charge in [-0.1, -0.05) is 42.5 Å². The highest BCUT2D eigenvalue weighted by Gasteiger charge is 2.29. The molecule has 3 aromatic carbocycles. The molecule has 7 heteroatoms. The number of carbonyl (C=O) groups excluding carboxylic acids is 1. The van der Waals surface area contributed by atoms with E-state index in [4.69, 9.17) is 10.1 Å². The van der Waals surface area contributed by atoms with Gasteiger partial charge >= 0.3 is 12.1 Å². The van der Waals surface area contributed by atoms with Crippen molar-refractivity contribution in [2.24, 2.45) is 0 Å². The van der Waals surface area contributed by atoms with Gasteiger partial charge in [0.1, 0.15) is 12.4 Å². The number of carbonyl (C=O) groups is 1. The van der Waals surface area contributed by atoms with E-state index in [-0.39, 0.29) is 24.9 Å². The lowest BCUT2D eigenvalue weighted by atomic mass is 9.97. The van der Waals surface area contributed by atoms with Crippen molar-refractivity contribution in [3.63, 3.8) is 0 Å². The van der Waals surface area contributed by atoms with Crippen molar-refractivity contribution in [3.05, 3.63) is 89.5 Å². The summed E-state index contributed by atoms with van der Waals surface area (Å²) in [5.41, 5.74) is 2.48. The van der Waals surface area contributed by atoms with Gasteiger partial charge in [-0.15, -0.1) is 0 Å². The normalized spacial score (nSPS) is 12.1. The van der Waals surface area contributed by atoms with E-state index in [2.05, 4.69) is 4.74 Å². The van der Waals surface area contributed by atoms with E-state index in [0.29, 0.717) is 11.3 Å². The molecule has 0 heterocycles. The summed E-state index contributed by atoms with van der Waals surface area (Å²) in [7, 11) is 1.31. The minimum absolute atomic E-state index is 0.0942. The van der Waals surface area contributed by atoms with Crippen LogP contribution < -0.4 is 4.74 Å². The monoisotopic (exact) mass is 441 g/mol. The Labute approximate surface area is 184 Å². The second-order valence-corrected chi connectivity index (χ2v) is 7.19. The molecule has 0 fully saturated rings. The van der Waals surface area contributed by atoms with Gasteiger partial charge in [-0.3, -0.25) is 4.79 Å². The molecule has 3 rings (SSSR count). The Hall–Kier alpha value is -3.61. The van der Waals surface area contributed by atoms with Crippen molar-refractivity contribution in [1.82, 2.24) is 0 Å². The van der Waals surface area contributed by atoms with Gasteiger partial charge < -0.3 is 14.9 Å². The van der Waals surface area contributed by atoms with Crippen LogP contribution in [0.3, 0.4) is 0 Å². The molecule has 0 amide bonds. The molecular weight excluding hydrogens is 419 g/mol. The predicted octanol–water partition coefficient (Wildman–Crippen LogP) is 6.25. The molecule has 32 heavy (non-hydrogen) atoms. The zero-order valence-electron chi connectivity index (χ0n) is 17.4. The number of alkyl halides is 3. The van der Waals surface area contributed by atoms with E-state index >= 15 is 0 Å². The first-order valence-electron chi connectivity index (χ1n) is 9.87. The fourth-order valence-corrected chi connectivity index (χ4v) is 3.21. The summed E-state index contributed by atoms with van der Waals surface area (Å²) in [6.45, 7) is 0.282. The molecule has 0 saturated carbocycles. The van der Waals surface area contributed by atoms with E-state index in [1.54, 1.807) is 24.3 Å². The van der Waals surface area contributed by atoms with Gasteiger partial charge in [0, 0.05) is 12.1 Å². The first-order chi connectivity index (χ1) is 15.3. The van der Waals surface area contributed by atoms with Crippen molar-refractivity contribution in [2.75, 3.05) is 7.11 Å². The number of hydrogen-bond acceptors (Lipinski definition) is 4. The molecule has 0 aliphatic heterocycles. The highest BCUT2D eigenvalue weighted by molar-refractivity contribution is 5.77. The van der Waals surface area contributed by atoms with E-state index in [0.717, 1.165) is 28.8 Å². The van der Waals surface area contributed by atoms with Crippen molar-refractivity contribution in [1.29, 1.82) is 5.41 Å². The Bertz CT molecular complexity index is 1060. The summed E-state index contributed by atoms with van der Waals surface area (Å²) in [5, 5.41) is 7.53. The van der Waals surface area contributed by atoms with Gasteiger partial charge in [0.15, 0.2) is 0 Å². The summed E-state index contributed by atoms with van der Waals surface area (Å²) in [6, 6.07) is 19.6. The molecule has 0 aromatic heterocycles. The van der Waals surface area contributed by atoms with E-state index < -0.39 is 11.7 Å². The number of nitrogens with one attached hydrogen (secondary N) is 1. The Kier molecular flexibility index (Phi) is 7.30. The fourth-order valence-electron chi connectivity index (χ4n) is 3.21. The molecule has 1 N–H and O–H groups in total. The molecule has 4 nitrogen and oxygen atoms in total. The van der Waals surface area contributed by atoms with Gasteiger partial charge in [-0.05, 0) is 52.6 Å². The third-order valence-electron chi connectivity index (χ3n) is 5.00. The standard InChI is InChI=1S/C25H22F3NO3/c1-31-24(30)14-21(15-29)19-7-11-23(12-8-19)32-16-17-3-2-4-20(13-17)18-5-9-22(10-6-18)25(26,27)28/h2-13,15,21,29H,14,16H2,1H3/t21-/m1/s1. The number of ether oxygens (including phenoxy) is 2. The first-order valence-corrected chi connectivity index (χ1v) is 9.87. The molecule has 1 atom stereocenters. The molecular formula is C25H22F3NO3. The summed E-state index contributed by atoms with van der Waals surface area (Å²) in [4.78, 5) is 11.5. The van der Waals surface area contributed by atoms with Crippen LogP contribution in [0.2, 0.25) is 0 Å². The average Bonchev–Trinajstić information content (AvgIpc) is 2.81. The summed E-state index contributed by atoms with van der Waals surface area (Å²) >= 11 is 0. The third kappa shape index (κ3) is 5.97. The SMILES string of the molecule is COC(=O)C[C@H](C=N)c1ccc(OCc2cccc(-c3ccc(C(F)(F)F)cc3)c2)cc1. The largest absolute Gasteiger partial charge is 0.489 e. The first kappa shape index (κ1) is 23.1. The topological polar surface area (TPSA) is 59.4 Å². The lowest BCUT2D eigenvalue weighted by Gasteiger charge is -2.12. The highest BCUT2D eigenvalue weighted by atomic mass is 19.4. The minimum atomic E-state index is -4.36. The van der Waals surface area contributed by atoms with Crippen LogP contribution in [0.1, 0.15) is 29.0 Å². The maximum absolute atomic E-state index is 12.8. The van der Waals surface area contributed by atoms with Gasteiger partial charge in [0.25, 0.3) is 0 Å². The Morgan fingerprint density at radius 3 is 2.28 bits per heavy atom. The fraction of sp³-hybridized carbons (Fsp3) is 0.200. The maximum Gasteiger partial charge on any atom is 0.416 e. The molecule has 0 spiro atoms. The molecule has 0 radical (unpaired) electrons. The number of rotatable bonds is 8. The number of hydrogen-bond donors (Lipinski definition) is 1. The van der Waals surface area contributed by atoms with Crippen molar-refractivity contribution in [2.45, 2.75) is 25.1 Å². The van der Waals surface area contributed by atoms with Crippen LogP contribution in [0.5, 0.6) is 5.75 Å². The zero-order chi connectivity index (χ0) is 23.1. The number of benzene rings is 3. The van der Waals surface area contributed by atoms with Crippen LogP contribution in [0.4, 0.5) is 13.2 Å². The molecule has 0 aliphatic rings. The van der Waals surface area contributed by atoms with E-state index in [9.17, 15) is 18.0 Å². The Morgan fingerprint density at radius 1 is 1.00 bits per heavy atom. The smallest absolute Gasteiger partial charge is 0.416 e. The zero-order valence-corrected chi connectivity index (χ0v) is 17.4. The quantitative estimate of drug-likeness (QED) is 0.332. The summed E-state index contributed by atoms with van der Waals surface area (Å²) < 4.78 is 48.8. The molecule has 0 unspecified atom stereocenters. The average molecular weight is 441 g/mol. The summed E-state index contributed by atoms with van der Waals surface area (Å²) in [5.74, 6) is -0.126. The van der Waals surface area contributed by atoms with Crippen LogP contribution in [-0.2, 0) is 22.3 Å². The van der Waals surface area contributed by atoms with Crippen molar-refractivity contribution < 1.29 is 27.4 Å². The minimum Gasteiger partial charge on any atom is -0.489 e. The van der Waals surface area contributed by atoms with Gasteiger partial charge in [0.05, 0.1) is 19.1 Å².